The summed E-state index contributed by atoms with van der Waals surface area (Å²) in [6, 6.07) is 18.0. The van der Waals surface area contributed by atoms with Gasteiger partial charge in [-0.15, -0.1) is 0 Å². The fourth-order valence-electron chi connectivity index (χ4n) is 4.15. The maximum atomic E-state index is 12.5. The summed E-state index contributed by atoms with van der Waals surface area (Å²) in [5.74, 6) is 1.45. The molecule has 190 valence electrons. The predicted octanol–water partition coefficient (Wildman–Crippen LogP) is 4.35. The number of piperazine rings is 1. The summed E-state index contributed by atoms with van der Waals surface area (Å²) in [4.78, 5) is 28.4. The van der Waals surface area contributed by atoms with Gasteiger partial charge in [-0.2, -0.15) is 0 Å². The number of benzene rings is 2. The first kappa shape index (κ1) is 26.3. The van der Waals surface area contributed by atoms with Crippen molar-refractivity contribution >= 4 is 40.8 Å². The van der Waals surface area contributed by atoms with E-state index in [0.717, 1.165) is 44.1 Å². The summed E-state index contributed by atoms with van der Waals surface area (Å²) in [6.45, 7) is 7.17. The maximum Gasteiger partial charge on any atom is 0.251 e. The van der Waals surface area contributed by atoms with Gasteiger partial charge in [0.05, 0.1) is 0 Å². The Morgan fingerprint density at radius 1 is 1.03 bits per heavy atom. The Hall–Kier alpha value is -2.81. The quantitative estimate of drug-likeness (QED) is 0.253. The molecule has 1 aliphatic rings. The molecule has 7 nitrogen and oxygen atoms in total. The summed E-state index contributed by atoms with van der Waals surface area (Å²) in [7, 11) is 3.97. The van der Waals surface area contributed by atoms with E-state index in [-0.39, 0.29) is 5.91 Å². The predicted molar refractivity (Wildman–Crippen MR) is 150 cm³/mol. The number of aryl methyl sites for hydroxylation is 1. The lowest BCUT2D eigenvalue weighted by Crippen LogP contribution is -2.47. The minimum Gasteiger partial charge on any atom is -0.368 e. The molecule has 1 saturated heterocycles. The molecule has 1 amide bonds. The molecule has 4 rings (SSSR count). The van der Waals surface area contributed by atoms with Gasteiger partial charge in [0.15, 0.2) is 5.16 Å². The molecule has 0 bridgehead atoms. The lowest BCUT2D eigenvalue weighted by Gasteiger charge is -2.37. The van der Waals surface area contributed by atoms with Crippen LogP contribution >= 0.6 is 23.4 Å². The number of thioether (sulfide) groups is 1. The van der Waals surface area contributed by atoms with E-state index in [2.05, 4.69) is 51.3 Å². The molecule has 1 fully saturated rings. The number of hydrogen-bond donors (Lipinski definition) is 1. The molecule has 3 aromatic rings. The van der Waals surface area contributed by atoms with E-state index < -0.39 is 0 Å². The molecule has 0 aliphatic carbocycles. The Morgan fingerprint density at radius 2 is 1.78 bits per heavy atom. The third-order valence-corrected chi connectivity index (χ3v) is 7.23. The van der Waals surface area contributed by atoms with E-state index >= 15 is 0 Å². The van der Waals surface area contributed by atoms with Gasteiger partial charge < -0.3 is 20.0 Å². The Bertz CT molecular complexity index is 1180. The maximum absolute atomic E-state index is 12.5. The first-order chi connectivity index (χ1) is 17.4. The molecule has 2 heterocycles. The Labute approximate surface area is 222 Å². The van der Waals surface area contributed by atoms with Gasteiger partial charge in [-0.1, -0.05) is 53.7 Å². The van der Waals surface area contributed by atoms with Crippen molar-refractivity contribution in [2.75, 3.05) is 63.2 Å². The lowest BCUT2D eigenvalue weighted by atomic mass is 10.1. The van der Waals surface area contributed by atoms with E-state index in [9.17, 15) is 4.79 Å². The van der Waals surface area contributed by atoms with Crippen LogP contribution in [0.4, 0.5) is 11.5 Å². The number of para-hydroxylation sites is 1. The number of nitrogens with zero attached hydrogens (tertiary/aromatic N) is 5. The minimum atomic E-state index is -0.0603. The Balaban J connectivity index is 1.35. The van der Waals surface area contributed by atoms with Crippen LogP contribution in [0.5, 0.6) is 0 Å². The van der Waals surface area contributed by atoms with Crippen molar-refractivity contribution < 1.29 is 4.79 Å². The van der Waals surface area contributed by atoms with Gasteiger partial charge in [0.1, 0.15) is 11.0 Å². The number of carbonyl (C=O) groups is 1. The monoisotopic (exact) mass is 524 g/mol. The van der Waals surface area contributed by atoms with Crippen molar-refractivity contribution in [2.45, 2.75) is 17.8 Å². The highest BCUT2D eigenvalue weighted by Crippen LogP contribution is 2.27. The second kappa shape index (κ2) is 12.4. The molecule has 9 heteroatoms. The number of carbonyl (C=O) groups excluding carboxylic acids is 1. The summed E-state index contributed by atoms with van der Waals surface area (Å²) < 4.78 is 0. The number of halogens is 1. The summed E-state index contributed by atoms with van der Waals surface area (Å²) >= 11 is 7.90. The number of hydrogen-bond acceptors (Lipinski definition) is 7. The number of aromatic nitrogens is 2. The van der Waals surface area contributed by atoms with Crippen molar-refractivity contribution in [3.8, 4) is 0 Å². The third kappa shape index (κ3) is 7.12. The largest absolute Gasteiger partial charge is 0.368 e. The van der Waals surface area contributed by atoms with Gasteiger partial charge in [0.25, 0.3) is 5.91 Å². The molecule has 1 aliphatic heterocycles. The second-order valence-corrected chi connectivity index (χ2v) is 10.5. The fraction of sp³-hybridized carbons (Fsp3) is 0.370. The standard InChI is InChI=1S/C27H33ClN6OS/c1-20-7-4-5-10-23(20)33-13-15-34(16-14-33)25-18-24(28)30-27(31-25)36-19-21-8-6-9-22(17-21)26(35)29-11-12-32(2)3/h4-10,17-18H,11-16,19H2,1-3H3,(H,29,35). The molecule has 0 spiro atoms. The highest BCUT2D eigenvalue weighted by molar-refractivity contribution is 7.98. The van der Waals surface area contributed by atoms with Crippen molar-refractivity contribution in [1.29, 1.82) is 0 Å². The number of likely N-dealkylation sites (N-methyl/N-ethyl adjacent to an activating group) is 1. The highest BCUT2D eigenvalue weighted by Gasteiger charge is 2.20. The summed E-state index contributed by atoms with van der Waals surface area (Å²) in [5, 5.41) is 4.04. The van der Waals surface area contributed by atoms with E-state index in [1.165, 1.54) is 23.0 Å². The molecule has 1 aromatic heterocycles. The Morgan fingerprint density at radius 3 is 2.53 bits per heavy atom. The van der Waals surface area contributed by atoms with Gasteiger partial charge in [-0.3, -0.25) is 4.79 Å². The molecule has 2 aromatic carbocycles. The van der Waals surface area contributed by atoms with E-state index in [1.807, 2.05) is 49.3 Å². The Kier molecular flexibility index (Phi) is 9.07. The summed E-state index contributed by atoms with van der Waals surface area (Å²) in [6.07, 6.45) is 0. The molecule has 0 unspecified atom stereocenters. The second-order valence-electron chi connectivity index (χ2n) is 9.14. The molecular weight excluding hydrogens is 492 g/mol. The molecule has 1 N–H and O–H groups in total. The zero-order chi connectivity index (χ0) is 25.5. The van der Waals surface area contributed by atoms with E-state index in [0.29, 0.717) is 28.2 Å². The highest BCUT2D eigenvalue weighted by atomic mass is 35.5. The van der Waals surface area contributed by atoms with Crippen LogP contribution in [0.25, 0.3) is 0 Å². The van der Waals surface area contributed by atoms with Crippen molar-refractivity contribution in [2.24, 2.45) is 0 Å². The SMILES string of the molecule is Cc1ccccc1N1CCN(c2cc(Cl)nc(SCc3cccc(C(=O)NCCN(C)C)c3)n2)CC1. The van der Waals surface area contributed by atoms with Crippen LogP contribution in [0.15, 0.2) is 59.8 Å². The van der Waals surface area contributed by atoms with Crippen molar-refractivity contribution in [3.63, 3.8) is 0 Å². The topological polar surface area (TPSA) is 64.6 Å². The zero-order valence-corrected chi connectivity index (χ0v) is 22.6. The van der Waals surface area contributed by atoms with Crippen LogP contribution in [0.2, 0.25) is 5.15 Å². The first-order valence-electron chi connectivity index (χ1n) is 12.1. The number of amides is 1. The molecule has 36 heavy (non-hydrogen) atoms. The zero-order valence-electron chi connectivity index (χ0n) is 21.1. The van der Waals surface area contributed by atoms with Gasteiger partial charge in [-0.25, -0.2) is 9.97 Å². The third-order valence-electron chi connectivity index (χ3n) is 6.12. The van der Waals surface area contributed by atoms with Crippen LogP contribution in [-0.4, -0.2) is 74.1 Å². The molecule has 0 radical (unpaired) electrons. The smallest absolute Gasteiger partial charge is 0.251 e. The van der Waals surface area contributed by atoms with Gasteiger partial charge in [0.2, 0.25) is 0 Å². The fourth-order valence-corrected chi connectivity index (χ4v) is 5.18. The van der Waals surface area contributed by atoms with E-state index in [4.69, 9.17) is 16.6 Å². The minimum absolute atomic E-state index is 0.0603. The van der Waals surface area contributed by atoms with Gasteiger partial charge >= 0.3 is 0 Å². The number of nitrogens with one attached hydrogen (secondary N) is 1. The average molecular weight is 525 g/mol. The number of rotatable bonds is 9. The molecule has 0 saturated carbocycles. The lowest BCUT2D eigenvalue weighted by molar-refractivity contribution is 0.0951. The normalized spacial score (nSPS) is 13.8. The van der Waals surface area contributed by atoms with Crippen LogP contribution < -0.4 is 15.1 Å². The van der Waals surface area contributed by atoms with Crippen LogP contribution in [0.3, 0.4) is 0 Å². The number of anilines is 2. The van der Waals surface area contributed by atoms with Crippen LogP contribution in [0, 0.1) is 6.92 Å². The average Bonchev–Trinajstić information content (AvgIpc) is 2.87. The van der Waals surface area contributed by atoms with Crippen molar-refractivity contribution in [3.05, 3.63) is 76.4 Å². The van der Waals surface area contributed by atoms with Gasteiger partial charge in [-0.05, 0) is 50.3 Å². The molecule has 0 atom stereocenters. The molecular formula is C27H33ClN6OS. The summed E-state index contributed by atoms with van der Waals surface area (Å²) in [5.41, 5.74) is 4.29. The van der Waals surface area contributed by atoms with Gasteiger partial charge in [0, 0.05) is 62.3 Å². The first-order valence-corrected chi connectivity index (χ1v) is 13.5. The van der Waals surface area contributed by atoms with Crippen LogP contribution in [0.1, 0.15) is 21.5 Å². The van der Waals surface area contributed by atoms with Crippen molar-refractivity contribution in [1.82, 2.24) is 20.2 Å². The van der Waals surface area contributed by atoms with E-state index in [1.54, 1.807) is 0 Å². The van der Waals surface area contributed by atoms with Crippen LogP contribution in [-0.2, 0) is 5.75 Å².